The zero-order valence-electron chi connectivity index (χ0n) is 11.3. The lowest BCUT2D eigenvalue weighted by Gasteiger charge is -2.25. The molecule has 0 saturated carbocycles. The van der Waals surface area contributed by atoms with Crippen molar-refractivity contribution in [2.75, 3.05) is 19.8 Å². The van der Waals surface area contributed by atoms with Crippen molar-refractivity contribution in [3.8, 4) is 0 Å². The number of carbonyl (C=O) groups is 3. The van der Waals surface area contributed by atoms with Gasteiger partial charge in [-0.3, -0.25) is 9.59 Å². The number of hydrogen-bond acceptors (Lipinski definition) is 5. The summed E-state index contributed by atoms with van der Waals surface area (Å²) in [5, 5.41) is 5.08. The first-order valence-electron chi connectivity index (χ1n) is 6.33. The summed E-state index contributed by atoms with van der Waals surface area (Å²) in [5.41, 5.74) is 0. The van der Waals surface area contributed by atoms with Crippen LogP contribution in [-0.4, -0.2) is 57.4 Å². The second kappa shape index (κ2) is 8.37. The summed E-state index contributed by atoms with van der Waals surface area (Å²) in [5.74, 6) is -1.53. The fraction of sp³-hybridized carbons (Fsp3) is 0.583. The Kier molecular flexibility index (Phi) is 6.79. The third-order valence-electron chi connectivity index (χ3n) is 2.56. The molecule has 108 valence electrons. The molecule has 0 bridgehead atoms. The van der Waals surface area contributed by atoms with Gasteiger partial charge in [-0.25, -0.2) is 4.79 Å². The summed E-state index contributed by atoms with van der Waals surface area (Å²) in [6, 6.07) is -0.592. The van der Waals surface area contributed by atoms with Gasteiger partial charge >= 0.3 is 5.97 Å². The first-order valence-corrected chi connectivity index (χ1v) is 6.33. The fourth-order valence-electron chi connectivity index (χ4n) is 1.72. The maximum absolute atomic E-state index is 11.6. The van der Waals surface area contributed by atoms with Gasteiger partial charge in [-0.2, -0.15) is 0 Å². The number of hydrogen-bond donors (Lipinski definition) is 2. The number of nitrogens with one attached hydrogen (secondary N) is 2. The SMILES string of the molecule is [B]C(=O)NC(C=CC(=O)OCC)CC1OCCNC1=O. The molecule has 2 amide bonds. The Balaban J connectivity index is 2.61. The first kappa shape index (κ1) is 16.2. The summed E-state index contributed by atoms with van der Waals surface area (Å²) >= 11 is 0. The average molecular weight is 280 g/mol. The van der Waals surface area contributed by atoms with E-state index in [-0.39, 0.29) is 18.9 Å². The predicted octanol–water partition coefficient (Wildman–Crippen LogP) is -0.742. The van der Waals surface area contributed by atoms with Crippen molar-refractivity contribution in [3.05, 3.63) is 12.2 Å². The summed E-state index contributed by atoms with van der Waals surface area (Å²) in [7, 11) is 5.06. The third kappa shape index (κ3) is 5.88. The van der Waals surface area contributed by atoms with Gasteiger partial charge in [0.2, 0.25) is 13.8 Å². The van der Waals surface area contributed by atoms with E-state index in [1.807, 2.05) is 0 Å². The zero-order valence-corrected chi connectivity index (χ0v) is 11.3. The number of esters is 1. The lowest BCUT2D eigenvalue weighted by Crippen LogP contribution is -2.47. The second-order valence-electron chi connectivity index (χ2n) is 4.11. The molecule has 0 aromatic heterocycles. The summed E-state index contributed by atoms with van der Waals surface area (Å²) < 4.78 is 10.0. The Morgan fingerprint density at radius 2 is 2.40 bits per heavy atom. The summed E-state index contributed by atoms with van der Waals surface area (Å²) in [6.45, 7) is 2.81. The lowest BCUT2D eigenvalue weighted by molar-refractivity contribution is -0.138. The maximum Gasteiger partial charge on any atom is 0.330 e. The van der Waals surface area contributed by atoms with Crippen LogP contribution in [0.25, 0.3) is 0 Å². The van der Waals surface area contributed by atoms with Crippen LogP contribution < -0.4 is 10.6 Å². The van der Waals surface area contributed by atoms with Gasteiger partial charge in [-0.05, 0) is 6.92 Å². The van der Waals surface area contributed by atoms with Crippen LogP contribution in [0.3, 0.4) is 0 Å². The van der Waals surface area contributed by atoms with Crippen molar-refractivity contribution >= 4 is 25.5 Å². The van der Waals surface area contributed by atoms with Crippen molar-refractivity contribution < 1.29 is 23.9 Å². The number of amides is 2. The van der Waals surface area contributed by atoms with Gasteiger partial charge in [0.1, 0.15) is 6.10 Å². The third-order valence-corrected chi connectivity index (χ3v) is 2.56. The average Bonchev–Trinajstić information content (AvgIpc) is 2.38. The molecule has 1 heterocycles. The molecule has 7 nitrogen and oxygen atoms in total. The van der Waals surface area contributed by atoms with Crippen molar-refractivity contribution in [2.24, 2.45) is 0 Å². The quantitative estimate of drug-likeness (QED) is 0.379. The molecule has 8 heteroatoms. The highest BCUT2D eigenvalue weighted by Crippen LogP contribution is 2.08. The molecule has 1 rings (SSSR count). The van der Waals surface area contributed by atoms with Crippen LogP contribution in [0.2, 0.25) is 0 Å². The van der Waals surface area contributed by atoms with Crippen LogP contribution >= 0.6 is 0 Å². The van der Waals surface area contributed by atoms with E-state index < -0.39 is 23.9 Å². The summed E-state index contributed by atoms with van der Waals surface area (Å²) in [6.07, 6.45) is 2.11. The Bertz CT molecular complexity index is 399. The highest BCUT2D eigenvalue weighted by molar-refractivity contribution is 6.57. The van der Waals surface area contributed by atoms with Gasteiger partial charge in [0, 0.05) is 25.1 Å². The molecule has 0 aromatic rings. The van der Waals surface area contributed by atoms with E-state index in [1.54, 1.807) is 6.92 Å². The van der Waals surface area contributed by atoms with E-state index >= 15 is 0 Å². The van der Waals surface area contributed by atoms with Gasteiger partial charge in [0.05, 0.1) is 13.2 Å². The minimum Gasteiger partial charge on any atom is -0.463 e. The molecule has 2 radical (unpaired) electrons. The van der Waals surface area contributed by atoms with Crippen molar-refractivity contribution in [1.29, 1.82) is 0 Å². The predicted molar refractivity (Wildman–Crippen MR) is 71.2 cm³/mol. The van der Waals surface area contributed by atoms with Gasteiger partial charge in [-0.15, -0.1) is 0 Å². The molecule has 20 heavy (non-hydrogen) atoms. The number of carbonyl (C=O) groups excluding carboxylic acids is 3. The smallest absolute Gasteiger partial charge is 0.330 e. The van der Waals surface area contributed by atoms with Crippen LogP contribution in [0.15, 0.2) is 12.2 Å². The van der Waals surface area contributed by atoms with E-state index in [9.17, 15) is 14.4 Å². The normalized spacial score (nSPS) is 20.2. The highest BCUT2D eigenvalue weighted by Gasteiger charge is 2.25. The molecule has 1 saturated heterocycles. The van der Waals surface area contributed by atoms with Gasteiger partial charge < -0.3 is 20.1 Å². The Hall–Kier alpha value is -1.83. The monoisotopic (exact) mass is 280 g/mol. The minimum atomic E-state index is -0.750. The number of ether oxygens (including phenoxy) is 2. The van der Waals surface area contributed by atoms with Crippen molar-refractivity contribution in [3.63, 3.8) is 0 Å². The van der Waals surface area contributed by atoms with E-state index in [0.717, 1.165) is 0 Å². The van der Waals surface area contributed by atoms with E-state index in [0.29, 0.717) is 13.2 Å². The number of rotatable bonds is 6. The first-order chi connectivity index (χ1) is 9.52. The molecule has 0 aromatic carbocycles. The fourth-order valence-corrected chi connectivity index (χ4v) is 1.72. The van der Waals surface area contributed by atoms with Gasteiger partial charge in [0.25, 0.3) is 0 Å². The van der Waals surface area contributed by atoms with E-state index in [1.165, 1.54) is 12.2 Å². The molecule has 2 unspecified atom stereocenters. The molecular formula is C12H17BN2O5. The number of morpholine rings is 1. The van der Waals surface area contributed by atoms with Gasteiger partial charge in [-0.1, -0.05) is 6.08 Å². The molecule has 2 atom stereocenters. The maximum atomic E-state index is 11.6. The van der Waals surface area contributed by atoms with Crippen LogP contribution in [0.5, 0.6) is 0 Å². The largest absolute Gasteiger partial charge is 0.463 e. The van der Waals surface area contributed by atoms with Crippen molar-refractivity contribution in [2.45, 2.75) is 25.5 Å². The molecule has 0 spiro atoms. The lowest BCUT2D eigenvalue weighted by atomic mass is 10.0. The highest BCUT2D eigenvalue weighted by atomic mass is 16.5. The van der Waals surface area contributed by atoms with Crippen LogP contribution in [0, 0.1) is 0 Å². The molecule has 1 aliphatic rings. The standard InChI is InChI=1S/C12H17BN2O5/c1-2-19-10(16)4-3-8(15-12(13)18)7-9-11(17)14-5-6-20-9/h3-4,8-9H,2,5-7H2,1H3,(H,14,17)(H,15,18). The summed E-state index contributed by atoms with van der Waals surface area (Å²) in [4.78, 5) is 33.7. The van der Waals surface area contributed by atoms with Crippen molar-refractivity contribution in [1.82, 2.24) is 10.6 Å². The zero-order chi connectivity index (χ0) is 15.0. The molecule has 1 fully saturated rings. The molecule has 1 aliphatic heterocycles. The Morgan fingerprint density at radius 1 is 1.65 bits per heavy atom. The van der Waals surface area contributed by atoms with Crippen LogP contribution in [0.1, 0.15) is 13.3 Å². The minimum absolute atomic E-state index is 0.185. The van der Waals surface area contributed by atoms with Gasteiger partial charge in [0.15, 0.2) is 5.81 Å². The molecular weight excluding hydrogens is 263 g/mol. The topological polar surface area (TPSA) is 93.7 Å². The van der Waals surface area contributed by atoms with E-state index in [4.69, 9.17) is 17.3 Å². The Labute approximate surface area is 118 Å². The molecule has 0 aliphatic carbocycles. The molecule has 2 N–H and O–H groups in total. The second-order valence-corrected chi connectivity index (χ2v) is 4.11. The Morgan fingerprint density at radius 3 is 3.00 bits per heavy atom. The van der Waals surface area contributed by atoms with Crippen LogP contribution in [-0.2, 0) is 19.1 Å². The van der Waals surface area contributed by atoms with Crippen LogP contribution in [0.4, 0.5) is 4.79 Å². The van der Waals surface area contributed by atoms with E-state index in [2.05, 4.69) is 10.6 Å².